The first-order valence-electron chi connectivity index (χ1n) is 9.79. The van der Waals surface area contributed by atoms with Gasteiger partial charge in [0.15, 0.2) is 6.07 Å². The average molecular weight is 322 g/mol. The van der Waals surface area contributed by atoms with Gasteiger partial charge in [-0.1, -0.05) is 56.4 Å². The highest BCUT2D eigenvalue weighted by Crippen LogP contribution is 2.31. The number of nitrogens with zero attached hydrogens (tertiary/aromatic N) is 1. The van der Waals surface area contributed by atoms with E-state index in [1.54, 1.807) is 0 Å². The average Bonchev–Trinajstić information content (AvgIpc) is 2.64. The molecule has 1 saturated carbocycles. The molecule has 24 heavy (non-hydrogen) atoms. The van der Waals surface area contributed by atoms with Crippen LogP contribution in [0.2, 0.25) is 0 Å². The van der Waals surface area contributed by atoms with Gasteiger partial charge in [0.1, 0.15) is 0 Å². The molecule has 1 aliphatic rings. The maximum atomic E-state index is 8.53. The highest BCUT2D eigenvalue weighted by molar-refractivity contribution is 5.23. The van der Waals surface area contributed by atoms with Crippen molar-refractivity contribution >= 4 is 0 Å². The Balaban J connectivity index is 1.67. The number of nitriles is 1. The molecule has 0 bridgehead atoms. The Morgan fingerprint density at radius 1 is 0.917 bits per heavy atom. The van der Waals surface area contributed by atoms with E-state index in [2.05, 4.69) is 43.0 Å². The number of hydrogen-bond donors (Lipinski definition) is 0. The Bertz CT molecular complexity index is 559. The fraction of sp³-hybridized carbons (Fsp3) is 0.609. The monoisotopic (exact) mass is 321 g/mol. The van der Waals surface area contributed by atoms with Crippen LogP contribution < -0.4 is 0 Å². The molecule has 0 aliphatic heterocycles. The van der Waals surface area contributed by atoms with E-state index < -0.39 is 0 Å². The van der Waals surface area contributed by atoms with Gasteiger partial charge in [0.25, 0.3) is 0 Å². The highest BCUT2D eigenvalue weighted by atomic mass is 14.2. The predicted octanol–water partition coefficient (Wildman–Crippen LogP) is 6.08. The molecule has 2 rings (SSSR count). The van der Waals surface area contributed by atoms with E-state index >= 15 is 0 Å². The Morgan fingerprint density at radius 2 is 1.58 bits per heavy atom. The van der Waals surface area contributed by atoms with Crippen LogP contribution in [-0.4, -0.2) is 0 Å². The third kappa shape index (κ3) is 6.80. The molecule has 0 radical (unpaired) electrons. The molecule has 0 amide bonds. The number of rotatable bonds is 8. The van der Waals surface area contributed by atoms with Crippen molar-refractivity contribution in [1.82, 2.24) is 0 Å². The fourth-order valence-corrected chi connectivity index (χ4v) is 3.73. The minimum atomic E-state index is 0.466. The van der Waals surface area contributed by atoms with Crippen molar-refractivity contribution in [3.8, 4) is 17.9 Å². The van der Waals surface area contributed by atoms with E-state index in [9.17, 15) is 0 Å². The maximum absolute atomic E-state index is 8.53. The van der Waals surface area contributed by atoms with E-state index in [4.69, 9.17) is 5.26 Å². The first-order valence-corrected chi connectivity index (χ1v) is 9.79. The fourth-order valence-electron chi connectivity index (χ4n) is 3.73. The summed E-state index contributed by atoms with van der Waals surface area (Å²) in [5.74, 6) is 6.97. The number of hydrogen-bond acceptors (Lipinski definition) is 1. The van der Waals surface area contributed by atoms with Crippen molar-refractivity contribution in [3.63, 3.8) is 0 Å². The van der Waals surface area contributed by atoms with Crippen LogP contribution >= 0.6 is 0 Å². The van der Waals surface area contributed by atoms with Gasteiger partial charge < -0.3 is 0 Å². The van der Waals surface area contributed by atoms with Gasteiger partial charge in [0.05, 0.1) is 0 Å². The quantitative estimate of drug-likeness (QED) is 0.421. The summed E-state index contributed by atoms with van der Waals surface area (Å²) in [6.07, 6.45) is 14.0. The van der Waals surface area contributed by atoms with Gasteiger partial charge in [-0.05, 0) is 68.4 Å². The van der Waals surface area contributed by atoms with Gasteiger partial charge >= 0.3 is 0 Å². The van der Waals surface area contributed by atoms with Gasteiger partial charge in [-0.25, -0.2) is 0 Å². The van der Waals surface area contributed by atoms with Gasteiger partial charge in [-0.3, -0.25) is 0 Å². The zero-order valence-electron chi connectivity index (χ0n) is 15.2. The van der Waals surface area contributed by atoms with Crippen LogP contribution in [-0.2, 0) is 12.8 Å². The van der Waals surface area contributed by atoms with Gasteiger partial charge in [0.2, 0.25) is 0 Å². The lowest BCUT2D eigenvalue weighted by Gasteiger charge is -2.25. The summed E-state index contributed by atoms with van der Waals surface area (Å²) >= 11 is 0. The van der Waals surface area contributed by atoms with Crippen LogP contribution in [0.1, 0.15) is 75.8 Å². The summed E-state index contributed by atoms with van der Waals surface area (Å²) in [6.45, 7) is 2.26. The van der Waals surface area contributed by atoms with Crippen LogP contribution in [0.5, 0.6) is 0 Å². The van der Waals surface area contributed by atoms with Crippen molar-refractivity contribution in [2.45, 2.75) is 77.6 Å². The molecule has 0 unspecified atom stereocenters. The zero-order chi connectivity index (χ0) is 17.0. The Morgan fingerprint density at radius 3 is 2.21 bits per heavy atom. The van der Waals surface area contributed by atoms with Crippen molar-refractivity contribution in [3.05, 3.63) is 35.4 Å². The van der Waals surface area contributed by atoms with E-state index in [1.165, 1.54) is 81.8 Å². The molecule has 1 fully saturated rings. The molecule has 0 atom stereocenters. The number of benzene rings is 1. The van der Waals surface area contributed by atoms with Crippen LogP contribution in [0, 0.1) is 35.0 Å². The van der Waals surface area contributed by atoms with E-state index in [1.807, 2.05) is 6.07 Å². The summed E-state index contributed by atoms with van der Waals surface area (Å²) in [5, 5.41) is 8.53. The first-order chi connectivity index (χ1) is 11.8. The second kappa shape index (κ2) is 10.9. The van der Waals surface area contributed by atoms with E-state index in [-0.39, 0.29) is 0 Å². The summed E-state index contributed by atoms with van der Waals surface area (Å²) in [7, 11) is 0. The largest absolute Gasteiger partial charge is 0.183 e. The Labute approximate surface area is 148 Å². The van der Waals surface area contributed by atoms with E-state index in [0.717, 1.165) is 5.92 Å². The summed E-state index contributed by atoms with van der Waals surface area (Å²) in [4.78, 5) is 0. The molecule has 0 saturated heterocycles. The topological polar surface area (TPSA) is 23.8 Å². The predicted molar refractivity (Wildman–Crippen MR) is 101 cm³/mol. The Hall–Kier alpha value is -1.73. The summed E-state index contributed by atoms with van der Waals surface area (Å²) in [6, 6.07) is 11.3. The van der Waals surface area contributed by atoms with Crippen molar-refractivity contribution in [1.29, 1.82) is 5.26 Å². The van der Waals surface area contributed by atoms with Crippen molar-refractivity contribution < 1.29 is 0 Å². The molecule has 0 spiro atoms. The van der Waals surface area contributed by atoms with E-state index in [0.29, 0.717) is 5.92 Å². The first kappa shape index (κ1) is 18.6. The molecule has 0 N–H and O–H groups in total. The van der Waals surface area contributed by atoms with Crippen LogP contribution in [0.3, 0.4) is 0 Å². The lowest BCUT2D eigenvalue weighted by atomic mass is 9.80. The van der Waals surface area contributed by atoms with Crippen LogP contribution in [0.15, 0.2) is 24.3 Å². The normalized spacial score (nSPS) is 20.0. The van der Waals surface area contributed by atoms with Gasteiger partial charge in [-0.15, -0.1) is 0 Å². The van der Waals surface area contributed by atoms with Crippen LogP contribution in [0.4, 0.5) is 0 Å². The van der Waals surface area contributed by atoms with Crippen molar-refractivity contribution in [2.24, 2.45) is 11.8 Å². The molecule has 128 valence electrons. The smallest absolute Gasteiger partial charge is 0.152 e. The summed E-state index contributed by atoms with van der Waals surface area (Å²) in [5.41, 5.74) is 2.98. The summed E-state index contributed by atoms with van der Waals surface area (Å²) < 4.78 is 0. The second-order valence-corrected chi connectivity index (χ2v) is 7.26. The standard InChI is InChI=1S/C23H31N/c1-2-3-4-5-7-20-9-13-22(14-10-20)17-18-23-15-11-21(12-16-23)8-6-19-24/h9-10,13-14,21,23H,2-5,7,11-12,15-18H2,1H3/t21-,23-. The Kier molecular flexibility index (Phi) is 8.48. The molecule has 1 aliphatic carbocycles. The van der Waals surface area contributed by atoms with Gasteiger partial charge in [0, 0.05) is 11.8 Å². The SMILES string of the molecule is CCCCCCc1ccc(CC[C@H]2CC[C@H](C#CC#N)CC2)cc1. The lowest BCUT2D eigenvalue weighted by molar-refractivity contribution is 0.302. The molecule has 1 nitrogen and oxygen atoms in total. The molecule has 1 heteroatoms. The van der Waals surface area contributed by atoms with Crippen molar-refractivity contribution in [2.75, 3.05) is 0 Å². The lowest BCUT2D eigenvalue weighted by Crippen LogP contribution is -2.14. The molecule has 0 heterocycles. The number of unbranched alkanes of at least 4 members (excludes halogenated alkanes) is 3. The molecule has 1 aromatic carbocycles. The minimum Gasteiger partial charge on any atom is -0.183 e. The highest BCUT2D eigenvalue weighted by Gasteiger charge is 2.19. The minimum absolute atomic E-state index is 0.466. The molecule has 0 aromatic heterocycles. The third-order valence-corrected chi connectivity index (χ3v) is 5.36. The van der Waals surface area contributed by atoms with Gasteiger partial charge in [-0.2, -0.15) is 5.26 Å². The molecule has 1 aromatic rings. The second-order valence-electron chi connectivity index (χ2n) is 7.26. The number of aryl methyl sites for hydroxylation is 2. The maximum Gasteiger partial charge on any atom is 0.152 e. The zero-order valence-corrected chi connectivity index (χ0v) is 15.2. The third-order valence-electron chi connectivity index (χ3n) is 5.36. The van der Waals surface area contributed by atoms with Crippen LogP contribution in [0.25, 0.3) is 0 Å². The molecular formula is C23H31N. The molecular weight excluding hydrogens is 290 g/mol.